The maximum Gasteiger partial charge on any atom is 0.251 e. The molecule has 0 saturated carbocycles. The molecule has 1 amide bonds. The van der Waals surface area contributed by atoms with Crippen molar-refractivity contribution in [3.8, 4) is 0 Å². The number of carbonyl (C=O) groups excluding carboxylic acids is 1. The highest BCUT2D eigenvalue weighted by atomic mass is 16.4. The molecule has 7 nitrogen and oxygen atoms in total. The predicted molar refractivity (Wildman–Crippen MR) is 115 cm³/mol. The Labute approximate surface area is 172 Å². The van der Waals surface area contributed by atoms with Crippen LogP contribution in [0.3, 0.4) is 0 Å². The van der Waals surface area contributed by atoms with Crippen LogP contribution in [0, 0.1) is 6.92 Å². The number of rotatable bonds is 9. The second kappa shape index (κ2) is 10.7. The van der Waals surface area contributed by atoms with Gasteiger partial charge in [-0.2, -0.15) is 0 Å². The van der Waals surface area contributed by atoms with Gasteiger partial charge in [0.05, 0.1) is 13.1 Å². The minimum absolute atomic E-state index is 0.0764. The van der Waals surface area contributed by atoms with E-state index in [2.05, 4.69) is 20.9 Å². The van der Waals surface area contributed by atoms with E-state index in [4.69, 9.17) is 4.42 Å². The minimum atomic E-state index is -1.16. The van der Waals surface area contributed by atoms with Gasteiger partial charge in [0.15, 0.2) is 5.96 Å². The molecule has 4 N–H and O–H groups in total. The molecule has 0 radical (unpaired) electrons. The van der Waals surface area contributed by atoms with Crippen LogP contribution in [0.5, 0.6) is 0 Å². The van der Waals surface area contributed by atoms with Crippen molar-refractivity contribution in [1.29, 1.82) is 0 Å². The lowest BCUT2D eigenvalue weighted by Gasteiger charge is -2.22. The van der Waals surface area contributed by atoms with Gasteiger partial charge in [0.25, 0.3) is 5.91 Å². The summed E-state index contributed by atoms with van der Waals surface area (Å²) in [6.07, 6.45) is 0.898. The number of aliphatic hydroxyl groups is 1. The Morgan fingerprint density at radius 1 is 1.17 bits per heavy atom. The van der Waals surface area contributed by atoms with Crippen molar-refractivity contribution in [3.63, 3.8) is 0 Å². The second-order valence-electron chi connectivity index (χ2n) is 7.19. The molecule has 0 spiro atoms. The summed E-state index contributed by atoms with van der Waals surface area (Å²) < 4.78 is 5.55. The summed E-state index contributed by atoms with van der Waals surface area (Å²) >= 11 is 0. The number of aryl methyl sites for hydroxylation is 1. The Bertz CT molecular complexity index is 827. The van der Waals surface area contributed by atoms with Gasteiger partial charge in [-0.3, -0.25) is 4.79 Å². The van der Waals surface area contributed by atoms with Crippen LogP contribution in [-0.2, 0) is 12.1 Å². The maximum atomic E-state index is 12.1. The normalized spacial score (nSPS) is 13.6. The number of hydrogen-bond acceptors (Lipinski definition) is 4. The van der Waals surface area contributed by atoms with Crippen LogP contribution in [-0.4, -0.2) is 36.6 Å². The summed E-state index contributed by atoms with van der Waals surface area (Å²) in [6.45, 7) is 9.53. The molecule has 2 aromatic rings. The van der Waals surface area contributed by atoms with Crippen molar-refractivity contribution >= 4 is 11.9 Å². The maximum absolute atomic E-state index is 12.1. The molecule has 0 fully saturated rings. The van der Waals surface area contributed by atoms with Crippen molar-refractivity contribution in [3.05, 3.63) is 59.0 Å². The van der Waals surface area contributed by atoms with Crippen LogP contribution < -0.4 is 16.0 Å². The van der Waals surface area contributed by atoms with Crippen LogP contribution in [0.25, 0.3) is 0 Å². The molecular weight excluding hydrogens is 368 g/mol. The number of amides is 1. The molecule has 0 bridgehead atoms. The zero-order valence-electron chi connectivity index (χ0n) is 17.7. The molecule has 1 atom stereocenters. The molecule has 2 rings (SSSR count). The van der Waals surface area contributed by atoms with E-state index in [1.54, 1.807) is 19.1 Å². The molecule has 1 aromatic carbocycles. The molecule has 1 unspecified atom stereocenters. The molecule has 1 heterocycles. The SMILES string of the molecule is CCCNC(=O)c1cccc(CN=C(NCC)NCC(C)(O)c2ccc(C)o2)c1. The molecule has 7 heteroatoms. The highest BCUT2D eigenvalue weighted by Gasteiger charge is 2.27. The zero-order valence-corrected chi connectivity index (χ0v) is 17.7. The number of benzene rings is 1. The Kier molecular flexibility index (Phi) is 8.27. The summed E-state index contributed by atoms with van der Waals surface area (Å²) in [7, 11) is 0. The highest BCUT2D eigenvalue weighted by Crippen LogP contribution is 2.21. The zero-order chi connectivity index (χ0) is 21.3. The summed E-state index contributed by atoms with van der Waals surface area (Å²) in [6, 6.07) is 11.0. The van der Waals surface area contributed by atoms with Crippen molar-refractivity contribution in [1.82, 2.24) is 16.0 Å². The quantitative estimate of drug-likeness (QED) is 0.383. The smallest absolute Gasteiger partial charge is 0.251 e. The average Bonchev–Trinajstić information content (AvgIpc) is 3.16. The molecule has 0 saturated heterocycles. The molecule has 158 valence electrons. The second-order valence-corrected chi connectivity index (χ2v) is 7.19. The first kappa shape index (κ1) is 22.5. The first-order chi connectivity index (χ1) is 13.9. The first-order valence-electron chi connectivity index (χ1n) is 10.0. The monoisotopic (exact) mass is 400 g/mol. The van der Waals surface area contributed by atoms with E-state index in [1.165, 1.54) is 0 Å². The number of nitrogens with zero attached hydrogens (tertiary/aromatic N) is 1. The predicted octanol–water partition coefficient (Wildman–Crippen LogP) is 2.69. The number of furan rings is 1. The van der Waals surface area contributed by atoms with Crippen LogP contribution in [0.4, 0.5) is 0 Å². The number of aliphatic imine (C=N–C) groups is 1. The van der Waals surface area contributed by atoms with E-state index in [9.17, 15) is 9.90 Å². The Morgan fingerprint density at radius 2 is 1.97 bits per heavy atom. The van der Waals surface area contributed by atoms with E-state index >= 15 is 0 Å². The highest BCUT2D eigenvalue weighted by molar-refractivity contribution is 5.94. The van der Waals surface area contributed by atoms with Crippen LogP contribution in [0.15, 0.2) is 45.8 Å². The summed E-state index contributed by atoms with van der Waals surface area (Å²) in [5.74, 6) is 1.76. The third-order valence-electron chi connectivity index (χ3n) is 4.36. The third kappa shape index (κ3) is 6.94. The van der Waals surface area contributed by atoms with Gasteiger partial charge < -0.3 is 25.5 Å². The fourth-order valence-electron chi connectivity index (χ4n) is 2.73. The lowest BCUT2D eigenvalue weighted by atomic mass is 10.0. The summed E-state index contributed by atoms with van der Waals surface area (Å²) in [5.41, 5.74) is 0.391. The van der Waals surface area contributed by atoms with Crippen molar-refractivity contribution in [2.75, 3.05) is 19.6 Å². The fourth-order valence-corrected chi connectivity index (χ4v) is 2.73. The van der Waals surface area contributed by atoms with Crippen LogP contribution >= 0.6 is 0 Å². The number of hydrogen-bond donors (Lipinski definition) is 4. The molecule has 0 aliphatic heterocycles. The Morgan fingerprint density at radius 3 is 2.62 bits per heavy atom. The third-order valence-corrected chi connectivity index (χ3v) is 4.36. The van der Waals surface area contributed by atoms with E-state index < -0.39 is 5.60 Å². The van der Waals surface area contributed by atoms with Gasteiger partial charge in [0.2, 0.25) is 0 Å². The molecule has 1 aromatic heterocycles. The number of carbonyl (C=O) groups is 1. The Balaban J connectivity index is 2.02. The van der Waals surface area contributed by atoms with E-state index in [0.717, 1.165) is 17.7 Å². The van der Waals surface area contributed by atoms with E-state index in [0.29, 0.717) is 36.9 Å². The lowest BCUT2D eigenvalue weighted by Crippen LogP contribution is -2.44. The van der Waals surface area contributed by atoms with Gasteiger partial charge in [-0.05, 0) is 57.0 Å². The van der Waals surface area contributed by atoms with Gasteiger partial charge in [-0.25, -0.2) is 4.99 Å². The van der Waals surface area contributed by atoms with Gasteiger partial charge >= 0.3 is 0 Å². The first-order valence-corrected chi connectivity index (χ1v) is 10.0. The topological polar surface area (TPSA) is 98.9 Å². The lowest BCUT2D eigenvalue weighted by molar-refractivity contribution is 0.0378. The van der Waals surface area contributed by atoms with Crippen molar-refractivity contribution < 1.29 is 14.3 Å². The van der Waals surface area contributed by atoms with Crippen molar-refractivity contribution in [2.45, 2.75) is 46.3 Å². The minimum Gasteiger partial charge on any atom is -0.463 e. The van der Waals surface area contributed by atoms with E-state index in [1.807, 2.05) is 45.0 Å². The van der Waals surface area contributed by atoms with Crippen LogP contribution in [0.2, 0.25) is 0 Å². The molecule has 29 heavy (non-hydrogen) atoms. The fraction of sp³-hybridized carbons (Fsp3) is 0.455. The molecule has 0 aliphatic carbocycles. The Hall–Kier alpha value is -2.80. The largest absolute Gasteiger partial charge is 0.463 e. The number of nitrogens with one attached hydrogen (secondary N) is 3. The van der Waals surface area contributed by atoms with E-state index in [-0.39, 0.29) is 12.5 Å². The van der Waals surface area contributed by atoms with Gasteiger partial charge in [0.1, 0.15) is 17.1 Å². The standard InChI is InChI=1S/C22H32N4O3/c1-5-12-24-20(27)18-9-7-8-17(13-18)14-25-21(23-6-2)26-15-22(4,28)19-11-10-16(3)29-19/h7-11,13,28H,5-6,12,14-15H2,1-4H3,(H,24,27)(H2,23,25,26). The average molecular weight is 401 g/mol. The van der Waals surface area contributed by atoms with Gasteiger partial charge in [-0.1, -0.05) is 19.1 Å². The molecule has 0 aliphatic rings. The summed E-state index contributed by atoms with van der Waals surface area (Å²) in [4.78, 5) is 16.7. The van der Waals surface area contributed by atoms with Gasteiger partial charge in [0, 0.05) is 18.7 Å². The molecular formula is C22H32N4O3. The van der Waals surface area contributed by atoms with Crippen LogP contribution in [0.1, 0.15) is 54.6 Å². The summed E-state index contributed by atoms with van der Waals surface area (Å²) in [5, 5.41) is 19.9. The van der Waals surface area contributed by atoms with Gasteiger partial charge in [-0.15, -0.1) is 0 Å². The van der Waals surface area contributed by atoms with Crippen molar-refractivity contribution in [2.24, 2.45) is 4.99 Å². The number of guanidine groups is 1.